The lowest BCUT2D eigenvalue weighted by Gasteiger charge is -2.18. The maximum Gasteiger partial charge on any atom is 0.231 e. The molecule has 0 amide bonds. The van der Waals surface area contributed by atoms with Gasteiger partial charge in [-0.1, -0.05) is 24.3 Å². The fraction of sp³-hybridized carbons (Fsp3) is 0.316. The van der Waals surface area contributed by atoms with Crippen molar-refractivity contribution in [3.05, 3.63) is 48.0 Å². The Morgan fingerprint density at radius 1 is 1.15 bits per heavy atom. The minimum atomic E-state index is 0.0707. The molecule has 26 heavy (non-hydrogen) atoms. The third-order valence-electron chi connectivity index (χ3n) is 4.78. The second kappa shape index (κ2) is 6.01. The first-order valence-corrected chi connectivity index (χ1v) is 8.83. The van der Waals surface area contributed by atoms with Gasteiger partial charge in [-0.15, -0.1) is 5.10 Å². The van der Waals surface area contributed by atoms with E-state index < -0.39 is 0 Å². The van der Waals surface area contributed by atoms with Crippen LogP contribution >= 0.6 is 0 Å². The molecule has 2 aromatic carbocycles. The zero-order chi connectivity index (χ0) is 17.5. The van der Waals surface area contributed by atoms with Gasteiger partial charge in [0.2, 0.25) is 6.79 Å². The van der Waals surface area contributed by atoms with Crippen LogP contribution in [-0.2, 0) is 0 Å². The quantitative estimate of drug-likeness (QED) is 0.759. The van der Waals surface area contributed by atoms with Crippen molar-refractivity contribution in [1.29, 1.82) is 0 Å². The third kappa shape index (κ3) is 2.65. The molecule has 1 aliphatic carbocycles. The second-order valence-corrected chi connectivity index (χ2v) is 6.71. The molecule has 3 aromatic rings. The topological polar surface area (TPSA) is 74.1 Å². The highest BCUT2D eigenvalue weighted by molar-refractivity contribution is 5.63. The van der Waals surface area contributed by atoms with Crippen molar-refractivity contribution in [1.82, 2.24) is 20.2 Å². The first-order valence-electron chi connectivity index (χ1n) is 8.83. The predicted octanol–water partition coefficient (Wildman–Crippen LogP) is 3.58. The third-order valence-corrected chi connectivity index (χ3v) is 4.78. The highest BCUT2D eigenvalue weighted by Gasteiger charge is 2.28. The van der Waals surface area contributed by atoms with Crippen LogP contribution in [0, 0.1) is 0 Å². The molecule has 1 N–H and O–H groups in total. The van der Waals surface area contributed by atoms with Crippen LogP contribution in [0.1, 0.15) is 37.4 Å². The first-order chi connectivity index (χ1) is 12.8. The number of ether oxygens (including phenoxy) is 2. The monoisotopic (exact) mass is 349 g/mol. The van der Waals surface area contributed by atoms with Crippen LogP contribution in [0.5, 0.6) is 11.5 Å². The van der Waals surface area contributed by atoms with Crippen LogP contribution in [0.4, 0.5) is 5.69 Å². The molecule has 132 valence electrons. The van der Waals surface area contributed by atoms with Crippen LogP contribution in [0.3, 0.4) is 0 Å². The SMILES string of the molecule is CC(Nc1cccc(-c2nnnn2C2CC2)c1)c1cccc2c1OCO2. The van der Waals surface area contributed by atoms with Crippen molar-refractivity contribution in [2.75, 3.05) is 12.1 Å². The van der Waals surface area contributed by atoms with Gasteiger partial charge in [0.25, 0.3) is 0 Å². The smallest absolute Gasteiger partial charge is 0.231 e. The van der Waals surface area contributed by atoms with Gasteiger partial charge in [0.05, 0.1) is 12.1 Å². The van der Waals surface area contributed by atoms with Gasteiger partial charge >= 0.3 is 0 Å². The Labute approximate surface area is 150 Å². The number of rotatable bonds is 5. The molecule has 1 unspecified atom stereocenters. The standard InChI is InChI=1S/C19H19N5O2/c1-12(16-6-3-7-17-18(16)26-11-25-17)20-14-5-2-4-13(10-14)19-21-22-23-24(19)15-8-9-15/h2-7,10,12,15,20H,8-9,11H2,1H3. The number of hydrogen-bond acceptors (Lipinski definition) is 6. The number of benzene rings is 2. The van der Waals surface area contributed by atoms with Gasteiger partial charge in [-0.25, -0.2) is 4.68 Å². The average Bonchev–Trinajstić information content (AvgIpc) is 3.19. The number of nitrogens with zero attached hydrogens (tertiary/aromatic N) is 4. The van der Waals surface area contributed by atoms with Crippen molar-refractivity contribution in [2.24, 2.45) is 0 Å². The molecule has 7 heteroatoms. The van der Waals surface area contributed by atoms with Gasteiger partial charge in [0.15, 0.2) is 17.3 Å². The number of fused-ring (bicyclic) bond motifs is 1. The summed E-state index contributed by atoms with van der Waals surface area (Å²) in [6.07, 6.45) is 2.29. The molecule has 1 atom stereocenters. The number of anilines is 1. The molecule has 1 aromatic heterocycles. The largest absolute Gasteiger partial charge is 0.454 e. The molecule has 2 heterocycles. The molecular formula is C19H19N5O2. The Bertz CT molecular complexity index is 951. The molecule has 1 saturated carbocycles. The number of para-hydroxylation sites is 1. The zero-order valence-corrected chi connectivity index (χ0v) is 14.4. The lowest BCUT2D eigenvalue weighted by Crippen LogP contribution is -2.08. The van der Waals surface area contributed by atoms with Crippen molar-refractivity contribution < 1.29 is 9.47 Å². The van der Waals surface area contributed by atoms with Crippen LogP contribution in [0.15, 0.2) is 42.5 Å². The van der Waals surface area contributed by atoms with Crippen molar-refractivity contribution in [3.8, 4) is 22.9 Å². The van der Waals surface area contributed by atoms with Crippen molar-refractivity contribution >= 4 is 5.69 Å². The number of hydrogen-bond donors (Lipinski definition) is 1. The van der Waals surface area contributed by atoms with E-state index in [9.17, 15) is 0 Å². The molecule has 7 nitrogen and oxygen atoms in total. The lowest BCUT2D eigenvalue weighted by molar-refractivity contribution is 0.173. The van der Waals surface area contributed by atoms with Crippen molar-refractivity contribution in [3.63, 3.8) is 0 Å². The molecule has 0 spiro atoms. The van der Waals surface area contributed by atoms with Gasteiger partial charge in [-0.2, -0.15) is 0 Å². The Kier molecular flexibility index (Phi) is 3.51. The van der Waals surface area contributed by atoms with Crippen molar-refractivity contribution in [2.45, 2.75) is 31.8 Å². The number of aromatic nitrogens is 4. The van der Waals surface area contributed by atoms with Gasteiger partial charge in [-0.3, -0.25) is 0 Å². The summed E-state index contributed by atoms with van der Waals surface area (Å²) in [5.74, 6) is 2.44. The first kappa shape index (κ1) is 15.2. The molecule has 1 fully saturated rings. The van der Waals surface area contributed by atoms with Crippen LogP contribution < -0.4 is 14.8 Å². The van der Waals surface area contributed by atoms with E-state index in [0.29, 0.717) is 6.04 Å². The highest BCUT2D eigenvalue weighted by atomic mass is 16.7. The summed E-state index contributed by atoms with van der Waals surface area (Å²) in [6, 6.07) is 14.7. The molecular weight excluding hydrogens is 330 g/mol. The van der Waals surface area contributed by atoms with E-state index in [1.54, 1.807) is 0 Å². The Morgan fingerprint density at radius 3 is 2.92 bits per heavy atom. The minimum absolute atomic E-state index is 0.0707. The van der Waals surface area contributed by atoms with Crippen LogP contribution in [-0.4, -0.2) is 27.0 Å². The normalized spacial score (nSPS) is 16.5. The van der Waals surface area contributed by atoms with E-state index in [1.165, 1.54) is 0 Å². The van der Waals surface area contributed by atoms with E-state index in [4.69, 9.17) is 9.47 Å². The summed E-state index contributed by atoms with van der Waals surface area (Å²) >= 11 is 0. The van der Waals surface area contributed by atoms with Crippen LogP contribution in [0.2, 0.25) is 0 Å². The number of nitrogens with one attached hydrogen (secondary N) is 1. The van der Waals surface area contributed by atoms with E-state index in [1.807, 2.05) is 35.0 Å². The lowest BCUT2D eigenvalue weighted by atomic mass is 10.1. The Balaban J connectivity index is 1.41. The van der Waals surface area contributed by atoms with Gasteiger partial charge in [-0.05, 0) is 48.4 Å². The number of tetrazole rings is 1. The maximum atomic E-state index is 5.63. The molecule has 1 aliphatic heterocycles. The molecule has 0 radical (unpaired) electrons. The van der Waals surface area contributed by atoms with Crippen LogP contribution in [0.25, 0.3) is 11.4 Å². The van der Waals surface area contributed by atoms with E-state index in [-0.39, 0.29) is 12.8 Å². The van der Waals surface area contributed by atoms with E-state index in [2.05, 4.69) is 39.9 Å². The Hall–Kier alpha value is -3.09. The maximum absolute atomic E-state index is 5.63. The van der Waals surface area contributed by atoms with Gasteiger partial charge < -0.3 is 14.8 Å². The highest BCUT2D eigenvalue weighted by Crippen LogP contribution is 2.40. The van der Waals surface area contributed by atoms with Gasteiger partial charge in [0.1, 0.15) is 0 Å². The summed E-state index contributed by atoms with van der Waals surface area (Å²) in [5.41, 5.74) is 3.10. The average molecular weight is 349 g/mol. The van der Waals surface area contributed by atoms with E-state index >= 15 is 0 Å². The molecule has 2 aliphatic rings. The van der Waals surface area contributed by atoms with E-state index in [0.717, 1.165) is 47.0 Å². The zero-order valence-electron chi connectivity index (χ0n) is 14.4. The fourth-order valence-electron chi connectivity index (χ4n) is 3.32. The minimum Gasteiger partial charge on any atom is -0.454 e. The molecule has 0 saturated heterocycles. The fourth-order valence-corrected chi connectivity index (χ4v) is 3.32. The summed E-state index contributed by atoms with van der Waals surface area (Å²) in [5, 5.41) is 15.7. The summed E-state index contributed by atoms with van der Waals surface area (Å²) < 4.78 is 13.0. The summed E-state index contributed by atoms with van der Waals surface area (Å²) in [7, 11) is 0. The summed E-state index contributed by atoms with van der Waals surface area (Å²) in [6.45, 7) is 2.39. The molecule has 0 bridgehead atoms. The molecule has 5 rings (SSSR count). The van der Waals surface area contributed by atoms with Gasteiger partial charge in [0, 0.05) is 16.8 Å². The Morgan fingerprint density at radius 2 is 2.04 bits per heavy atom. The second-order valence-electron chi connectivity index (χ2n) is 6.71. The summed E-state index contributed by atoms with van der Waals surface area (Å²) in [4.78, 5) is 0. The predicted molar refractivity (Wildman–Crippen MR) is 96.1 cm³/mol.